The van der Waals surface area contributed by atoms with E-state index in [1.807, 2.05) is 0 Å². The van der Waals surface area contributed by atoms with Gasteiger partial charge in [0.1, 0.15) is 0 Å². The summed E-state index contributed by atoms with van der Waals surface area (Å²) in [7, 11) is -4.14. The van der Waals surface area contributed by atoms with Crippen molar-refractivity contribution in [2.24, 2.45) is 0 Å². The maximum Gasteiger partial charge on any atom is 0.283 e. The lowest BCUT2D eigenvalue weighted by atomic mass is 10.4. The summed E-state index contributed by atoms with van der Waals surface area (Å²) in [6.45, 7) is 0.199. The molecule has 1 radical (unpaired) electrons. The largest absolute Gasteiger partial charge is 0.284 e. The van der Waals surface area contributed by atoms with Crippen LogP contribution in [0.2, 0.25) is 0 Å². The Morgan fingerprint density at radius 3 is 2.30 bits per heavy atom. The summed E-state index contributed by atoms with van der Waals surface area (Å²) < 4.78 is 29.1. The fourth-order valence-electron chi connectivity index (χ4n) is 1.01. The lowest BCUT2D eigenvalue weighted by Gasteiger charge is -2.10. The summed E-state index contributed by atoms with van der Waals surface area (Å²) in [4.78, 5) is 0. The number of nitrogens with zero attached hydrogens (tertiary/aromatic N) is 1. The Hall–Kier alpha value is -0.170. The first-order valence-electron chi connectivity index (χ1n) is 2.92. The quantitative estimate of drug-likeness (QED) is 0.540. The zero-order valence-electron chi connectivity index (χ0n) is 5.23. The van der Waals surface area contributed by atoms with Crippen LogP contribution in [0.4, 0.5) is 0 Å². The van der Waals surface area contributed by atoms with Gasteiger partial charge in [-0.05, 0) is 12.8 Å². The van der Waals surface area contributed by atoms with Gasteiger partial charge in [0.2, 0.25) is 0 Å². The number of hydrogen-bond acceptors (Lipinski definition) is 3. The minimum atomic E-state index is -4.14. The summed E-state index contributed by atoms with van der Waals surface area (Å²) in [5.41, 5.74) is 0. The van der Waals surface area contributed by atoms with Gasteiger partial charge in [-0.2, -0.15) is 8.42 Å². The highest BCUT2D eigenvalue weighted by Gasteiger charge is 2.34. The van der Waals surface area contributed by atoms with E-state index in [0.29, 0.717) is 11.5 Å². The fraction of sp³-hybridized carbons (Fsp3) is 1.00. The van der Waals surface area contributed by atoms with Gasteiger partial charge in [-0.25, -0.2) is 0 Å². The first-order valence-corrected chi connectivity index (χ1v) is 4.42. The number of hydroxylamine groups is 2. The zero-order valence-corrected chi connectivity index (χ0v) is 6.04. The van der Waals surface area contributed by atoms with E-state index in [-0.39, 0.29) is 13.0 Å². The number of rotatable bonds is 1. The molecule has 1 unspecified atom stereocenters. The van der Waals surface area contributed by atoms with E-state index in [2.05, 4.69) is 0 Å². The summed E-state index contributed by atoms with van der Waals surface area (Å²) in [5.74, 6) is 0. The van der Waals surface area contributed by atoms with E-state index in [1.165, 1.54) is 0 Å². The van der Waals surface area contributed by atoms with Gasteiger partial charge in [0.25, 0.3) is 10.1 Å². The van der Waals surface area contributed by atoms with Crippen LogP contribution >= 0.6 is 0 Å². The second kappa shape index (κ2) is 2.46. The molecule has 1 fully saturated rings. The first kappa shape index (κ1) is 7.93. The Morgan fingerprint density at radius 1 is 1.50 bits per heavy atom. The van der Waals surface area contributed by atoms with E-state index in [4.69, 9.17) is 4.55 Å². The van der Waals surface area contributed by atoms with Crippen molar-refractivity contribution in [2.75, 3.05) is 6.54 Å². The average Bonchev–Trinajstić information content (AvgIpc) is 2.11. The summed E-state index contributed by atoms with van der Waals surface area (Å²) in [6, 6.07) is 0. The molecule has 0 aromatic rings. The predicted molar refractivity (Wildman–Crippen MR) is 32.0 cm³/mol. The molecule has 0 bridgehead atoms. The minimum Gasteiger partial charge on any atom is -0.284 e. The van der Waals surface area contributed by atoms with Crippen molar-refractivity contribution >= 4 is 10.1 Å². The molecule has 10 heavy (non-hydrogen) atoms. The SMILES string of the molecule is [O]N1CCCC1S(=O)(=O)O. The molecule has 0 saturated carbocycles. The van der Waals surface area contributed by atoms with Gasteiger partial charge in [0, 0.05) is 6.54 Å². The summed E-state index contributed by atoms with van der Waals surface area (Å²) in [6.07, 6.45) is 0.774. The molecule has 0 aromatic heterocycles. The summed E-state index contributed by atoms with van der Waals surface area (Å²) >= 11 is 0. The lowest BCUT2D eigenvalue weighted by molar-refractivity contribution is -0.149. The fourth-order valence-corrected chi connectivity index (χ4v) is 1.87. The van der Waals surface area contributed by atoms with Crippen molar-refractivity contribution in [1.82, 2.24) is 5.06 Å². The maximum absolute atomic E-state index is 10.6. The van der Waals surface area contributed by atoms with E-state index in [1.54, 1.807) is 0 Å². The van der Waals surface area contributed by atoms with Gasteiger partial charge in [-0.15, -0.1) is 10.3 Å². The average molecular weight is 166 g/mol. The summed E-state index contributed by atoms with van der Waals surface area (Å²) in [5, 5.41) is 9.78. The van der Waals surface area contributed by atoms with Crippen molar-refractivity contribution < 1.29 is 18.2 Å². The normalized spacial score (nSPS) is 29.2. The molecule has 0 spiro atoms. The zero-order chi connectivity index (χ0) is 7.78. The maximum atomic E-state index is 10.6. The Morgan fingerprint density at radius 2 is 2.10 bits per heavy atom. The third-order valence-corrected chi connectivity index (χ3v) is 2.65. The highest BCUT2D eigenvalue weighted by atomic mass is 32.2. The van der Waals surface area contributed by atoms with Gasteiger partial charge in [-0.3, -0.25) is 4.55 Å². The molecule has 1 aliphatic heterocycles. The Balaban J connectivity index is 2.74. The van der Waals surface area contributed by atoms with Crippen molar-refractivity contribution in [2.45, 2.75) is 18.2 Å². The standard InChI is InChI=1S/C4H8NO4S/c6-5-3-1-2-4(5)10(7,8)9/h4H,1-3H2,(H,7,8,9). The first-order chi connectivity index (χ1) is 4.52. The molecule has 0 aromatic carbocycles. The van der Waals surface area contributed by atoms with Gasteiger partial charge in [-0.1, -0.05) is 0 Å². The van der Waals surface area contributed by atoms with Crippen LogP contribution in [-0.2, 0) is 15.3 Å². The van der Waals surface area contributed by atoms with Crippen LogP contribution in [0, 0.1) is 0 Å². The predicted octanol–water partition coefficient (Wildman–Crippen LogP) is -0.358. The smallest absolute Gasteiger partial charge is 0.283 e. The third-order valence-electron chi connectivity index (χ3n) is 1.49. The van der Waals surface area contributed by atoms with Crippen LogP contribution < -0.4 is 0 Å². The van der Waals surface area contributed by atoms with E-state index >= 15 is 0 Å². The number of hydrogen-bond donors (Lipinski definition) is 1. The molecule has 59 valence electrons. The van der Waals surface area contributed by atoms with Crippen molar-refractivity contribution in [3.05, 3.63) is 0 Å². The molecule has 0 amide bonds. The molecule has 1 N–H and O–H groups in total. The molecule has 6 heteroatoms. The van der Waals surface area contributed by atoms with E-state index in [0.717, 1.165) is 0 Å². The van der Waals surface area contributed by atoms with Crippen LogP contribution in [0.1, 0.15) is 12.8 Å². The molecule has 1 heterocycles. The van der Waals surface area contributed by atoms with Crippen LogP contribution in [-0.4, -0.2) is 30.0 Å². The van der Waals surface area contributed by atoms with Gasteiger partial charge in [0.15, 0.2) is 5.37 Å². The molecule has 1 saturated heterocycles. The van der Waals surface area contributed by atoms with Gasteiger partial charge < -0.3 is 0 Å². The second-order valence-corrected chi connectivity index (χ2v) is 3.83. The topological polar surface area (TPSA) is 77.5 Å². The molecular formula is C4H8NO4S. The Kier molecular flexibility index (Phi) is 1.95. The molecule has 5 nitrogen and oxygen atoms in total. The third kappa shape index (κ3) is 1.46. The Labute approximate surface area is 59.0 Å². The minimum absolute atomic E-state index is 0.199. The van der Waals surface area contributed by atoms with Crippen molar-refractivity contribution in [3.8, 4) is 0 Å². The lowest BCUT2D eigenvalue weighted by Crippen LogP contribution is -2.31. The van der Waals surface area contributed by atoms with Crippen LogP contribution in [0.5, 0.6) is 0 Å². The highest BCUT2D eigenvalue weighted by molar-refractivity contribution is 7.86. The van der Waals surface area contributed by atoms with Gasteiger partial charge in [0.05, 0.1) is 0 Å². The van der Waals surface area contributed by atoms with Gasteiger partial charge >= 0.3 is 0 Å². The Bertz CT molecular complexity index is 211. The molecular weight excluding hydrogens is 158 g/mol. The van der Waals surface area contributed by atoms with Crippen molar-refractivity contribution in [1.29, 1.82) is 0 Å². The van der Waals surface area contributed by atoms with Crippen molar-refractivity contribution in [3.63, 3.8) is 0 Å². The molecule has 0 aliphatic carbocycles. The monoisotopic (exact) mass is 166 g/mol. The van der Waals surface area contributed by atoms with E-state index in [9.17, 15) is 13.6 Å². The molecule has 1 rings (SSSR count). The van der Waals surface area contributed by atoms with Crippen LogP contribution in [0.25, 0.3) is 0 Å². The molecule has 1 atom stereocenters. The highest BCUT2D eigenvalue weighted by Crippen LogP contribution is 2.18. The van der Waals surface area contributed by atoms with Crippen LogP contribution in [0.15, 0.2) is 0 Å². The van der Waals surface area contributed by atoms with Crippen LogP contribution in [0.3, 0.4) is 0 Å². The second-order valence-electron chi connectivity index (χ2n) is 2.25. The molecule has 1 aliphatic rings. The van der Waals surface area contributed by atoms with E-state index < -0.39 is 15.5 Å².